The summed E-state index contributed by atoms with van der Waals surface area (Å²) < 4.78 is 20.9. The van der Waals surface area contributed by atoms with Gasteiger partial charge in [-0.15, -0.1) is 10.2 Å². The van der Waals surface area contributed by atoms with E-state index in [1.54, 1.807) is 24.3 Å². The van der Waals surface area contributed by atoms with E-state index in [0.29, 0.717) is 45.7 Å². The van der Waals surface area contributed by atoms with Crippen molar-refractivity contribution in [1.82, 2.24) is 0 Å². The largest absolute Gasteiger partial charge is 0.495 e. The van der Waals surface area contributed by atoms with Crippen molar-refractivity contribution in [2.24, 2.45) is 10.2 Å². The molecule has 0 saturated carbocycles. The number of rotatable bonds is 6. The summed E-state index contributed by atoms with van der Waals surface area (Å²) in [5.41, 5.74) is 13.5. The minimum absolute atomic E-state index is 0.444. The normalized spacial score (nSPS) is 10.7. The van der Waals surface area contributed by atoms with Crippen molar-refractivity contribution in [2.45, 2.75) is 0 Å². The molecule has 0 bridgehead atoms. The fourth-order valence-electron chi connectivity index (χ4n) is 2.07. The van der Waals surface area contributed by atoms with Crippen LogP contribution in [0.1, 0.15) is 0 Å². The summed E-state index contributed by atoms with van der Waals surface area (Å²) in [4.78, 5) is 0. The van der Waals surface area contributed by atoms with Crippen molar-refractivity contribution in [2.75, 3.05) is 39.9 Å². The minimum Gasteiger partial charge on any atom is -0.495 e. The molecule has 0 atom stereocenters. The Balaban J connectivity index is 2.47. The van der Waals surface area contributed by atoms with Gasteiger partial charge in [-0.1, -0.05) is 0 Å². The molecular weight excluding hydrogens is 312 g/mol. The van der Waals surface area contributed by atoms with Crippen molar-refractivity contribution >= 4 is 22.7 Å². The first-order valence-electron chi connectivity index (χ1n) is 6.98. The van der Waals surface area contributed by atoms with Gasteiger partial charge in [0.1, 0.15) is 34.4 Å². The Morgan fingerprint density at radius 2 is 0.917 bits per heavy atom. The Bertz CT molecular complexity index is 699. The van der Waals surface area contributed by atoms with Gasteiger partial charge in [-0.25, -0.2) is 0 Å². The molecule has 24 heavy (non-hydrogen) atoms. The van der Waals surface area contributed by atoms with E-state index in [1.165, 1.54) is 28.4 Å². The van der Waals surface area contributed by atoms with E-state index in [1.807, 2.05) is 0 Å². The Morgan fingerprint density at radius 3 is 1.21 bits per heavy atom. The van der Waals surface area contributed by atoms with E-state index in [0.717, 1.165) is 0 Å². The van der Waals surface area contributed by atoms with Crippen LogP contribution in [0.15, 0.2) is 34.5 Å². The number of hydrogen-bond donors (Lipinski definition) is 2. The van der Waals surface area contributed by atoms with Crippen molar-refractivity contribution in [3.63, 3.8) is 0 Å². The Morgan fingerprint density at radius 1 is 0.583 bits per heavy atom. The molecular formula is C16H20N4O4. The van der Waals surface area contributed by atoms with Gasteiger partial charge in [0.2, 0.25) is 0 Å². The number of hydrogen-bond acceptors (Lipinski definition) is 8. The number of ether oxygens (including phenoxy) is 4. The Kier molecular flexibility index (Phi) is 5.31. The smallest absolute Gasteiger partial charge is 0.148 e. The molecule has 0 unspecified atom stereocenters. The van der Waals surface area contributed by atoms with Gasteiger partial charge in [0.25, 0.3) is 0 Å². The van der Waals surface area contributed by atoms with Crippen LogP contribution in [0.5, 0.6) is 23.0 Å². The molecule has 0 aliphatic carbocycles. The second kappa shape index (κ2) is 7.40. The van der Waals surface area contributed by atoms with Crippen molar-refractivity contribution in [1.29, 1.82) is 0 Å². The van der Waals surface area contributed by atoms with Crippen LogP contribution in [0.2, 0.25) is 0 Å². The second-order valence-corrected chi connectivity index (χ2v) is 4.73. The van der Waals surface area contributed by atoms with Gasteiger partial charge >= 0.3 is 0 Å². The lowest BCUT2D eigenvalue weighted by Gasteiger charge is -2.10. The fourth-order valence-corrected chi connectivity index (χ4v) is 2.07. The van der Waals surface area contributed by atoms with Gasteiger partial charge in [0, 0.05) is 24.3 Å². The average Bonchev–Trinajstić information content (AvgIpc) is 2.60. The molecule has 0 radical (unpaired) electrons. The van der Waals surface area contributed by atoms with E-state index in [-0.39, 0.29) is 0 Å². The SMILES string of the molecule is COc1cc(N=Nc2cc(OC)c(N)cc2OC)c(OC)cc1N. The molecule has 8 heteroatoms. The third kappa shape index (κ3) is 3.43. The van der Waals surface area contributed by atoms with E-state index < -0.39 is 0 Å². The molecule has 0 amide bonds. The second-order valence-electron chi connectivity index (χ2n) is 4.73. The van der Waals surface area contributed by atoms with Crippen LogP contribution < -0.4 is 30.4 Å². The highest BCUT2D eigenvalue weighted by molar-refractivity contribution is 5.69. The van der Waals surface area contributed by atoms with Crippen LogP contribution in [0, 0.1) is 0 Å². The number of azo groups is 1. The standard InChI is InChI=1S/C16H20N4O4/c1-21-13-7-11(15(23-3)5-9(13)17)19-20-12-8-14(22-2)10(18)6-16(12)24-4/h5-8H,17-18H2,1-4H3. The van der Waals surface area contributed by atoms with Crippen LogP contribution in [0.4, 0.5) is 22.7 Å². The summed E-state index contributed by atoms with van der Waals surface area (Å²) in [6.07, 6.45) is 0. The lowest BCUT2D eigenvalue weighted by Crippen LogP contribution is -1.94. The Labute approximate surface area is 140 Å². The summed E-state index contributed by atoms with van der Waals surface area (Å²) in [7, 11) is 6.08. The fraction of sp³-hybridized carbons (Fsp3) is 0.250. The number of methoxy groups -OCH3 is 4. The molecule has 0 aliphatic rings. The van der Waals surface area contributed by atoms with E-state index in [9.17, 15) is 0 Å². The van der Waals surface area contributed by atoms with Gasteiger partial charge in [0.05, 0.1) is 39.8 Å². The topological polar surface area (TPSA) is 114 Å². The van der Waals surface area contributed by atoms with E-state index in [2.05, 4.69) is 10.2 Å². The maximum atomic E-state index is 5.86. The Hall–Kier alpha value is -3.16. The van der Waals surface area contributed by atoms with Gasteiger partial charge in [0.15, 0.2) is 0 Å². The average molecular weight is 332 g/mol. The molecule has 0 saturated heterocycles. The lowest BCUT2D eigenvalue weighted by atomic mass is 10.2. The zero-order chi connectivity index (χ0) is 17.7. The molecule has 0 aliphatic heterocycles. The quantitative estimate of drug-likeness (QED) is 0.619. The van der Waals surface area contributed by atoms with E-state index >= 15 is 0 Å². The van der Waals surface area contributed by atoms with Crippen molar-refractivity contribution in [3.05, 3.63) is 24.3 Å². The van der Waals surface area contributed by atoms with Gasteiger partial charge in [-0.3, -0.25) is 0 Å². The maximum Gasteiger partial charge on any atom is 0.148 e. The maximum absolute atomic E-state index is 5.86. The summed E-state index contributed by atoms with van der Waals surface area (Å²) in [5.74, 6) is 1.90. The third-order valence-electron chi connectivity index (χ3n) is 3.33. The summed E-state index contributed by atoms with van der Waals surface area (Å²) in [6, 6.07) is 6.51. The number of benzene rings is 2. The van der Waals surface area contributed by atoms with Crippen molar-refractivity contribution in [3.8, 4) is 23.0 Å². The number of nitrogens with two attached hydrogens (primary N) is 2. The highest BCUT2D eigenvalue weighted by Crippen LogP contribution is 2.40. The zero-order valence-electron chi connectivity index (χ0n) is 14.0. The molecule has 2 aromatic carbocycles. The van der Waals surface area contributed by atoms with Gasteiger partial charge < -0.3 is 30.4 Å². The first-order chi connectivity index (χ1) is 11.5. The van der Waals surface area contributed by atoms with Crippen LogP contribution in [0.25, 0.3) is 0 Å². The molecule has 2 aromatic rings. The lowest BCUT2D eigenvalue weighted by molar-refractivity contribution is 0.404. The summed E-state index contributed by atoms with van der Waals surface area (Å²) >= 11 is 0. The predicted octanol–water partition coefficient (Wildman–Crippen LogP) is 3.30. The van der Waals surface area contributed by atoms with Crippen LogP contribution in [-0.2, 0) is 0 Å². The monoisotopic (exact) mass is 332 g/mol. The highest BCUT2D eigenvalue weighted by Gasteiger charge is 2.11. The number of anilines is 2. The molecule has 0 fully saturated rings. The molecule has 128 valence electrons. The molecule has 0 spiro atoms. The minimum atomic E-state index is 0.444. The zero-order valence-corrected chi connectivity index (χ0v) is 14.0. The first kappa shape index (κ1) is 17.2. The van der Waals surface area contributed by atoms with Crippen molar-refractivity contribution < 1.29 is 18.9 Å². The third-order valence-corrected chi connectivity index (χ3v) is 3.33. The summed E-state index contributed by atoms with van der Waals surface area (Å²) in [5, 5.41) is 8.40. The van der Waals surface area contributed by atoms with Crippen LogP contribution >= 0.6 is 0 Å². The number of nitrogens with zero attached hydrogens (tertiary/aromatic N) is 2. The first-order valence-corrected chi connectivity index (χ1v) is 6.98. The van der Waals surface area contributed by atoms with Crippen LogP contribution in [0.3, 0.4) is 0 Å². The molecule has 8 nitrogen and oxygen atoms in total. The molecule has 0 heterocycles. The number of nitrogen functional groups attached to an aromatic ring is 2. The van der Waals surface area contributed by atoms with Gasteiger partial charge in [-0.2, -0.15) is 0 Å². The highest BCUT2D eigenvalue weighted by atomic mass is 16.5. The molecule has 4 N–H and O–H groups in total. The molecule has 0 aromatic heterocycles. The van der Waals surface area contributed by atoms with Gasteiger partial charge in [-0.05, 0) is 0 Å². The predicted molar refractivity (Wildman–Crippen MR) is 92.1 cm³/mol. The van der Waals surface area contributed by atoms with E-state index in [4.69, 9.17) is 30.4 Å². The van der Waals surface area contributed by atoms with Crippen LogP contribution in [-0.4, -0.2) is 28.4 Å². The molecule has 2 rings (SSSR count). The summed E-state index contributed by atoms with van der Waals surface area (Å²) in [6.45, 7) is 0.